The minimum Gasteiger partial charge on any atom is -0.430 e. The molecule has 2 heteroatoms. The topological polar surface area (TPSA) is 26.3 Å². The Morgan fingerprint density at radius 3 is 2.48 bits per heavy atom. The molecule has 0 amide bonds. The van der Waals surface area contributed by atoms with Gasteiger partial charge < -0.3 is 4.74 Å². The van der Waals surface area contributed by atoms with Crippen molar-refractivity contribution in [1.82, 2.24) is 0 Å². The molecule has 2 aliphatic rings. The monoisotopic (exact) mass is 288 g/mol. The maximum absolute atomic E-state index is 11.8. The molecular formula is C19H28O2. The predicted molar refractivity (Wildman–Crippen MR) is 86.7 cm³/mol. The summed E-state index contributed by atoms with van der Waals surface area (Å²) in [4.78, 5) is 11.8. The van der Waals surface area contributed by atoms with Gasteiger partial charge in [0.2, 0.25) is 0 Å². The first-order chi connectivity index (χ1) is 9.93. The highest BCUT2D eigenvalue weighted by atomic mass is 16.5. The summed E-state index contributed by atoms with van der Waals surface area (Å²) in [6, 6.07) is 0. The lowest BCUT2D eigenvalue weighted by Crippen LogP contribution is -2.35. The second kappa shape index (κ2) is 6.64. The van der Waals surface area contributed by atoms with Crippen LogP contribution in [0.5, 0.6) is 0 Å². The fraction of sp³-hybridized carbons (Fsp3) is 0.632. The molecule has 1 aliphatic heterocycles. The molecule has 1 aliphatic carbocycles. The molecule has 0 aromatic rings. The highest BCUT2D eigenvalue weighted by molar-refractivity contribution is 5.72. The number of carbonyl (C=O) groups excluding carboxylic acids is 1. The van der Waals surface area contributed by atoms with Crippen molar-refractivity contribution in [3.8, 4) is 0 Å². The van der Waals surface area contributed by atoms with E-state index in [1.807, 2.05) is 0 Å². The van der Waals surface area contributed by atoms with E-state index in [0.717, 1.165) is 37.9 Å². The van der Waals surface area contributed by atoms with E-state index < -0.39 is 0 Å². The second-order valence-electron chi connectivity index (χ2n) is 7.01. The quantitative estimate of drug-likeness (QED) is 0.507. The molecule has 1 fully saturated rings. The summed E-state index contributed by atoms with van der Waals surface area (Å²) < 4.78 is 5.75. The Labute approximate surface area is 129 Å². The maximum atomic E-state index is 11.8. The van der Waals surface area contributed by atoms with Crippen LogP contribution in [0, 0.1) is 5.41 Å². The third kappa shape index (κ3) is 3.87. The molecular weight excluding hydrogens is 260 g/mol. The van der Waals surface area contributed by atoms with Crippen molar-refractivity contribution in [3.63, 3.8) is 0 Å². The van der Waals surface area contributed by atoms with Gasteiger partial charge in [0.15, 0.2) is 0 Å². The molecule has 2 nitrogen and oxygen atoms in total. The summed E-state index contributed by atoms with van der Waals surface area (Å²) in [5, 5.41) is 0. The predicted octanol–water partition coefficient (Wildman–Crippen LogP) is 5.46. The minimum atomic E-state index is -0.0468. The van der Waals surface area contributed by atoms with Crippen LogP contribution >= 0.6 is 0 Å². The van der Waals surface area contributed by atoms with E-state index in [-0.39, 0.29) is 11.4 Å². The van der Waals surface area contributed by atoms with E-state index in [1.165, 1.54) is 23.1 Å². The summed E-state index contributed by atoms with van der Waals surface area (Å²) in [6.07, 6.45) is 11.5. The Morgan fingerprint density at radius 2 is 1.81 bits per heavy atom. The molecule has 116 valence electrons. The van der Waals surface area contributed by atoms with Gasteiger partial charge in [-0.3, -0.25) is 4.79 Å². The SMILES string of the molecule is CC(C)=CCC1=C2OC(=O)CCC2(CC=C(C)C)CCC1. The molecule has 0 N–H and O–H groups in total. The fourth-order valence-corrected chi connectivity index (χ4v) is 3.39. The highest BCUT2D eigenvalue weighted by Gasteiger charge is 2.43. The summed E-state index contributed by atoms with van der Waals surface area (Å²) in [5.41, 5.74) is 4.09. The number of esters is 1. The van der Waals surface area contributed by atoms with Gasteiger partial charge >= 0.3 is 5.97 Å². The van der Waals surface area contributed by atoms with Crippen molar-refractivity contribution in [3.05, 3.63) is 34.6 Å². The lowest BCUT2D eigenvalue weighted by atomic mass is 9.67. The van der Waals surface area contributed by atoms with Crippen molar-refractivity contribution < 1.29 is 9.53 Å². The standard InChI is InChI=1S/C19H28O2/c1-14(2)7-8-16-6-5-11-19(12-9-15(3)4)13-10-17(20)21-18(16)19/h7,9H,5-6,8,10-13H2,1-4H3. The van der Waals surface area contributed by atoms with Gasteiger partial charge in [-0.25, -0.2) is 0 Å². The number of fused-ring (bicyclic) bond motifs is 1. The van der Waals surface area contributed by atoms with E-state index in [9.17, 15) is 4.79 Å². The first kappa shape index (κ1) is 16.1. The van der Waals surface area contributed by atoms with Crippen LogP contribution in [0.2, 0.25) is 0 Å². The first-order valence-corrected chi connectivity index (χ1v) is 8.13. The van der Waals surface area contributed by atoms with Crippen molar-refractivity contribution in [1.29, 1.82) is 0 Å². The molecule has 21 heavy (non-hydrogen) atoms. The van der Waals surface area contributed by atoms with Gasteiger partial charge in [-0.2, -0.15) is 0 Å². The van der Waals surface area contributed by atoms with Crippen molar-refractivity contribution in [2.24, 2.45) is 5.41 Å². The van der Waals surface area contributed by atoms with E-state index in [0.29, 0.717) is 6.42 Å². The van der Waals surface area contributed by atoms with Crippen LogP contribution in [0.15, 0.2) is 34.6 Å². The first-order valence-electron chi connectivity index (χ1n) is 8.13. The van der Waals surface area contributed by atoms with E-state index >= 15 is 0 Å². The summed E-state index contributed by atoms with van der Waals surface area (Å²) in [6.45, 7) is 8.53. The lowest BCUT2D eigenvalue weighted by Gasteiger charge is -2.42. The largest absolute Gasteiger partial charge is 0.430 e. The van der Waals surface area contributed by atoms with Crippen LogP contribution in [-0.4, -0.2) is 5.97 Å². The molecule has 0 aromatic carbocycles. The molecule has 1 saturated heterocycles. The van der Waals surface area contributed by atoms with E-state index in [4.69, 9.17) is 4.74 Å². The van der Waals surface area contributed by atoms with Gasteiger partial charge in [-0.05, 0) is 71.8 Å². The zero-order valence-electron chi connectivity index (χ0n) is 13.9. The number of rotatable bonds is 4. The van der Waals surface area contributed by atoms with Crippen LogP contribution in [0.4, 0.5) is 0 Å². The van der Waals surface area contributed by atoms with Gasteiger partial charge in [0, 0.05) is 11.8 Å². The van der Waals surface area contributed by atoms with Crippen LogP contribution in [0.25, 0.3) is 0 Å². The van der Waals surface area contributed by atoms with Gasteiger partial charge in [0.1, 0.15) is 5.76 Å². The molecule has 0 bridgehead atoms. The normalized spacial score (nSPS) is 25.0. The number of hydrogen-bond donors (Lipinski definition) is 0. The summed E-state index contributed by atoms with van der Waals surface area (Å²) in [5.74, 6) is 0.967. The van der Waals surface area contributed by atoms with Crippen molar-refractivity contribution >= 4 is 5.97 Å². The Balaban J connectivity index is 2.35. The third-order valence-corrected chi connectivity index (χ3v) is 4.62. The minimum absolute atomic E-state index is 0.0468. The Kier molecular flexibility index (Phi) is 5.08. The molecule has 2 rings (SSSR count). The van der Waals surface area contributed by atoms with Crippen LogP contribution in [0.1, 0.15) is 72.6 Å². The van der Waals surface area contributed by atoms with Crippen molar-refractivity contribution in [2.45, 2.75) is 72.6 Å². The van der Waals surface area contributed by atoms with Gasteiger partial charge in [0.05, 0.1) is 0 Å². The summed E-state index contributed by atoms with van der Waals surface area (Å²) >= 11 is 0. The Morgan fingerprint density at radius 1 is 1.10 bits per heavy atom. The van der Waals surface area contributed by atoms with Gasteiger partial charge in [0.25, 0.3) is 0 Å². The fourth-order valence-electron chi connectivity index (χ4n) is 3.39. The summed E-state index contributed by atoms with van der Waals surface area (Å²) in [7, 11) is 0. The van der Waals surface area contributed by atoms with Gasteiger partial charge in [-0.15, -0.1) is 0 Å². The highest BCUT2D eigenvalue weighted by Crippen LogP contribution is 2.51. The van der Waals surface area contributed by atoms with E-state index in [2.05, 4.69) is 39.8 Å². The number of allylic oxidation sites excluding steroid dienone is 6. The zero-order chi connectivity index (χ0) is 15.5. The zero-order valence-corrected chi connectivity index (χ0v) is 13.9. The Bertz CT molecular complexity index is 500. The molecule has 0 aromatic heterocycles. The third-order valence-electron chi connectivity index (χ3n) is 4.62. The van der Waals surface area contributed by atoms with Crippen LogP contribution < -0.4 is 0 Å². The average Bonchev–Trinajstić information content (AvgIpc) is 2.43. The molecule has 1 atom stereocenters. The molecule has 1 heterocycles. The average molecular weight is 288 g/mol. The van der Waals surface area contributed by atoms with Crippen molar-refractivity contribution in [2.75, 3.05) is 0 Å². The molecule has 1 unspecified atom stereocenters. The van der Waals surface area contributed by atoms with E-state index in [1.54, 1.807) is 0 Å². The number of ether oxygens (including phenoxy) is 1. The van der Waals surface area contributed by atoms with Crippen LogP contribution in [-0.2, 0) is 9.53 Å². The number of carbonyl (C=O) groups is 1. The second-order valence-corrected chi connectivity index (χ2v) is 7.01. The Hall–Kier alpha value is -1.31. The molecule has 0 spiro atoms. The maximum Gasteiger partial charge on any atom is 0.310 e. The lowest BCUT2D eigenvalue weighted by molar-refractivity contribution is -0.147. The van der Waals surface area contributed by atoms with Crippen LogP contribution in [0.3, 0.4) is 0 Å². The van der Waals surface area contributed by atoms with Gasteiger partial charge in [-0.1, -0.05) is 23.3 Å². The molecule has 0 saturated carbocycles. The molecule has 0 radical (unpaired) electrons. The number of hydrogen-bond acceptors (Lipinski definition) is 2. The smallest absolute Gasteiger partial charge is 0.310 e.